The van der Waals surface area contributed by atoms with E-state index in [1.54, 1.807) is 13.8 Å². The van der Waals surface area contributed by atoms with Gasteiger partial charge in [0.2, 0.25) is 11.8 Å². The maximum absolute atomic E-state index is 12.6. The van der Waals surface area contributed by atoms with Crippen molar-refractivity contribution in [2.45, 2.75) is 31.6 Å². The van der Waals surface area contributed by atoms with E-state index >= 15 is 0 Å². The van der Waals surface area contributed by atoms with Crippen LogP contribution in [0.25, 0.3) is 0 Å². The number of hydrazine groups is 1. The lowest BCUT2D eigenvalue weighted by Crippen LogP contribution is -2.34. The molecular weight excluding hydrogens is 484 g/mol. The highest BCUT2D eigenvalue weighted by Crippen LogP contribution is 2.21. The van der Waals surface area contributed by atoms with Crippen molar-refractivity contribution >= 4 is 44.8 Å². The molecule has 0 aliphatic heterocycles. The van der Waals surface area contributed by atoms with Crippen LogP contribution in [0.15, 0.2) is 53.4 Å². The molecule has 2 rings (SSSR count). The van der Waals surface area contributed by atoms with Crippen molar-refractivity contribution in [3.05, 3.63) is 48.5 Å². The molecule has 2 unspecified atom stereocenters. The molecule has 3 amide bonds. The van der Waals surface area contributed by atoms with Crippen LogP contribution in [0.2, 0.25) is 0 Å². The predicted molar refractivity (Wildman–Crippen MR) is 127 cm³/mol. The summed E-state index contributed by atoms with van der Waals surface area (Å²) >= 11 is 0. The average molecular weight is 512 g/mol. The molecule has 0 spiro atoms. The molecule has 0 heterocycles. The van der Waals surface area contributed by atoms with Gasteiger partial charge in [0.15, 0.2) is 0 Å². The van der Waals surface area contributed by atoms with Crippen LogP contribution in [0.3, 0.4) is 0 Å². The molecular formula is C22H27F2N5O5S. The zero-order valence-electron chi connectivity index (χ0n) is 19.3. The number of amides is 3. The van der Waals surface area contributed by atoms with Gasteiger partial charge in [0.1, 0.15) is 0 Å². The Balaban J connectivity index is 1.96. The SMILES string of the molecule is CNC(=O)C(C)CC(C)C(=O)Nc1ccc(S(=O)(=O)Nc2ccc(NNC(=O)C(F)F)cc2)cc1. The number of rotatable bonds is 11. The van der Waals surface area contributed by atoms with Gasteiger partial charge in [-0.3, -0.25) is 30.0 Å². The van der Waals surface area contributed by atoms with Gasteiger partial charge in [0.05, 0.1) is 10.6 Å². The van der Waals surface area contributed by atoms with Gasteiger partial charge in [-0.05, 0) is 55.0 Å². The third-order valence-corrected chi connectivity index (χ3v) is 6.34. The summed E-state index contributed by atoms with van der Waals surface area (Å²) in [5, 5.41) is 5.23. The van der Waals surface area contributed by atoms with E-state index in [1.165, 1.54) is 55.6 Å². The van der Waals surface area contributed by atoms with Crippen molar-refractivity contribution in [2.24, 2.45) is 11.8 Å². The van der Waals surface area contributed by atoms with Crippen LogP contribution in [0.5, 0.6) is 0 Å². The molecule has 0 radical (unpaired) electrons. The fraction of sp³-hybridized carbons (Fsp3) is 0.318. The maximum atomic E-state index is 12.6. The van der Waals surface area contributed by atoms with Crippen LogP contribution < -0.4 is 26.2 Å². The van der Waals surface area contributed by atoms with Crippen LogP contribution in [-0.4, -0.2) is 39.6 Å². The van der Waals surface area contributed by atoms with Crippen molar-refractivity contribution in [3.63, 3.8) is 0 Å². The monoisotopic (exact) mass is 511 g/mol. The highest BCUT2D eigenvalue weighted by molar-refractivity contribution is 7.92. The third-order valence-electron chi connectivity index (χ3n) is 4.95. The molecule has 35 heavy (non-hydrogen) atoms. The van der Waals surface area contributed by atoms with Crippen molar-refractivity contribution < 1.29 is 31.6 Å². The van der Waals surface area contributed by atoms with Crippen LogP contribution in [0.4, 0.5) is 25.8 Å². The first-order valence-electron chi connectivity index (χ1n) is 10.5. The van der Waals surface area contributed by atoms with E-state index in [9.17, 15) is 31.6 Å². The van der Waals surface area contributed by atoms with Crippen LogP contribution in [0.1, 0.15) is 20.3 Å². The Morgan fingerprint density at radius 3 is 1.86 bits per heavy atom. The van der Waals surface area contributed by atoms with Crippen LogP contribution >= 0.6 is 0 Å². The largest absolute Gasteiger partial charge is 0.359 e. The Labute approximate surface area is 201 Å². The summed E-state index contributed by atoms with van der Waals surface area (Å²) in [6.07, 6.45) is -2.82. The van der Waals surface area contributed by atoms with E-state index in [4.69, 9.17) is 0 Å². The van der Waals surface area contributed by atoms with E-state index < -0.39 is 28.3 Å². The number of hydrogen-bond donors (Lipinski definition) is 5. The first-order valence-corrected chi connectivity index (χ1v) is 12.0. The minimum Gasteiger partial charge on any atom is -0.359 e. The molecule has 5 N–H and O–H groups in total. The number of anilines is 3. The molecule has 0 fully saturated rings. The summed E-state index contributed by atoms with van der Waals surface area (Å²) in [7, 11) is -2.42. The Bertz CT molecular complexity index is 1140. The second-order valence-electron chi connectivity index (χ2n) is 7.76. The first-order chi connectivity index (χ1) is 16.4. The van der Waals surface area contributed by atoms with Gasteiger partial charge in [0.25, 0.3) is 10.0 Å². The lowest BCUT2D eigenvalue weighted by molar-refractivity contribution is -0.131. The summed E-state index contributed by atoms with van der Waals surface area (Å²) in [5.41, 5.74) is 4.96. The summed E-state index contributed by atoms with van der Waals surface area (Å²) in [4.78, 5) is 34.8. The number of hydrogen-bond acceptors (Lipinski definition) is 6. The van der Waals surface area contributed by atoms with Gasteiger partial charge in [-0.1, -0.05) is 13.8 Å². The number of halogens is 2. The van der Waals surface area contributed by atoms with E-state index in [2.05, 4.69) is 20.8 Å². The maximum Gasteiger partial charge on any atom is 0.317 e. The van der Waals surface area contributed by atoms with Crippen molar-refractivity contribution in [1.82, 2.24) is 10.7 Å². The molecule has 0 aliphatic rings. The topological polar surface area (TPSA) is 146 Å². The number of sulfonamides is 1. The molecule has 2 atom stereocenters. The predicted octanol–water partition coefficient (Wildman–Crippen LogP) is 2.54. The number of benzene rings is 2. The van der Waals surface area contributed by atoms with Gasteiger partial charge in [-0.2, -0.15) is 8.78 Å². The standard InChI is InChI=1S/C22H27F2N5O5S/c1-13(20(30)25-3)12-14(2)21(31)26-15-8-10-18(11-9-15)35(33,34)29-17-6-4-16(5-7-17)27-28-22(32)19(23)24/h4-11,13-14,19,27,29H,12H2,1-3H3,(H,25,30)(H,26,31)(H,28,32). The molecule has 2 aromatic rings. The minimum absolute atomic E-state index is 0.0526. The summed E-state index contributed by atoms with van der Waals surface area (Å²) in [6, 6.07) is 11.1. The molecule has 10 nitrogen and oxygen atoms in total. The van der Waals surface area contributed by atoms with Crippen molar-refractivity contribution in [2.75, 3.05) is 22.5 Å². The zero-order chi connectivity index (χ0) is 26.2. The summed E-state index contributed by atoms with van der Waals surface area (Å²) in [5.74, 6) is -2.72. The summed E-state index contributed by atoms with van der Waals surface area (Å²) < 4.78 is 52.0. The molecule has 0 bridgehead atoms. The number of carbonyl (C=O) groups is 3. The number of nitrogens with one attached hydrogen (secondary N) is 5. The Kier molecular flexibility index (Phi) is 9.51. The second kappa shape index (κ2) is 12.1. The van der Waals surface area contributed by atoms with Crippen LogP contribution in [0, 0.1) is 11.8 Å². The minimum atomic E-state index is -3.95. The smallest absolute Gasteiger partial charge is 0.317 e. The fourth-order valence-corrected chi connectivity index (χ4v) is 4.06. The van der Waals surface area contributed by atoms with E-state index in [0.717, 1.165) is 0 Å². The molecule has 13 heteroatoms. The van der Waals surface area contributed by atoms with Gasteiger partial charge in [0, 0.05) is 30.3 Å². The molecule has 0 saturated carbocycles. The molecule has 0 aliphatic carbocycles. The van der Waals surface area contributed by atoms with E-state index in [-0.39, 0.29) is 34.0 Å². The fourth-order valence-electron chi connectivity index (χ4n) is 3.00. The highest BCUT2D eigenvalue weighted by Gasteiger charge is 2.21. The lowest BCUT2D eigenvalue weighted by Gasteiger charge is -2.16. The summed E-state index contributed by atoms with van der Waals surface area (Å²) in [6.45, 7) is 3.43. The molecule has 2 aromatic carbocycles. The van der Waals surface area contributed by atoms with Crippen molar-refractivity contribution in [1.29, 1.82) is 0 Å². The van der Waals surface area contributed by atoms with Crippen LogP contribution in [-0.2, 0) is 24.4 Å². The normalized spacial score (nSPS) is 12.9. The molecule has 0 saturated heterocycles. The Morgan fingerprint density at radius 1 is 0.800 bits per heavy atom. The Morgan fingerprint density at radius 2 is 1.31 bits per heavy atom. The van der Waals surface area contributed by atoms with Crippen molar-refractivity contribution in [3.8, 4) is 0 Å². The van der Waals surface area contributed by atoms with Gasteiger partial charge in [-0.15, -0.1) is 0 Å². The Hall–Kier alpha value is -3.74. The second-order valence-corrected chi connectivity index (χ2v) is 9.45. The molecule has 190 valence electrons. The lowest BCUT2D eigenvalue weighted by atomic mass is 9.96. The number of alkyl halides is 2. The zero-order valence-corrected chi connectivity index (χ0v) is 20.1. The van der Waals surface area contributed by atoms with E-state index in [0.29, 0.717) is 12.1 Å². The number of carbonyl (C=O) groups excluding carboxylic acids is 3. The average Bonchev–Trinajstić information content (AvgIpc) is 2.82. The first kappa shape index (κ1) is 27.5. The third kappa shape index (κ3) is 8.21. The van der Waals surface area contributed by atoms with E-state index in [1.807, 2.05) is 5.43 Å². The molecule has 0 aromatic heterocycles. The quantitative estimate of drug-likeness (QED) is 0.293. The van der Waals surface area contributed by atoms with Gasteiger partial charge in [-0.25, -0.2) is 8.42 Å². The van der Waals surface area contributed by atoms with Gasteiger partial charge < -0.3 is 10.6 Å². The van der Waals surface area contributed by atoms with Gasteiger partial charge >= 0.3 is 12.3 Å². The highest BCUT2D eigenvalue weighted by atomic mass is 32.2.